The van der Waals surface area contributed by atoms with Crippen LogP contribution in [0.5, 0.6) is 0 Å². The first-order valence-electron chi connectivity index (χ1n) is 8.21. The zero-order chi connectivity index (χ0) is 17.6. The molecule has 0 aliphatic carbocycles. The number of anilines is 1. The van der Waals surface area contributed by atoms with Crippen molar-refractivity contribution in [2.45, 2.75) is 19.9 Å². The van der Waals surface area contributed by atoms with Crippen molar-refractivity contribution in [1.82, 2.24) is 19.6 Å². The maximum atomic E-state index is 12.1. The maximum absolute atomic E-state index is 12.1. The molecule has 6 heteroatoms. The van der Waals surface area contributed by atoms with E-state index in [0.717, 1.165) is 17.5 Å². The lowest BCUT2D eigenvalue weighted by atomic mass is 10.1. The van der Waals surface area contributed by atoms with Crippen LogP contribution in [0.15, 0.2) is 55.0 Å². The summed E-state index contributed by atoms with van der Waals surface area (Å²) in [4.78, 5) is 12.1. The summed E-state index contributed by atoms with van der Waals surface area (Å²) in [5.74, 6) is 0.465. The number of nitrogens with one attached hydrogen (secondary N) is 1. The Bertz CT molecular complexity index is 873. The standard InChI is InChI=1S/C19H21N5O/c1-3-15-4-6-16(7-5-15)14-24-18(10-11-20-24)22-19(25)9-8-17-12-21-23(2)13-17/h4-13H,3,14H2,1-2H3,(H,22,25)/b9-8+. The van der Waals surface area contributed by atoms with E-state index < -0.39 is 0 Å². The molecular weight excluding hydrogens is 314 g/mol. The molecule has 0 atom stereocenters. The Morgan fingerprint density at radius 1 is 1.16 bits per heavy atom. The summed E-state index contributed by atoms with van der Waals surface area (Å²) in [5.41, 5.74) is 3.32. The van der Waals surface area contributed by atoms with E-state index in [1.54, 1.807) is 33.9 Å². The van der Waals surface area contributed by atoms with Gasteiger partial charge in [-0.2, -0.15) is 10.2 Å². The molecule has 1 amide bonds. The second-order valence-corrected chi connectivity index (χ2v) is 5.81. The molecule has 25 heavy (non-hydrogen) atoms. The molecule has 2 heterocycles. The maximum Gasteiger partial charge on any atom is 0.249 e. The van der Waals surface area contributed by atoms with Crippen molar-refractivity contribution < 1.29 is 4.79 Å². The second-order valence-electron chi connectivity index (χ2n) is 5.81. The van der Waals surface area contributed by atoms with Gasteiger partial charge in [0.15, 0.2) is 0 Å². The molecule has 0 fully saturated rings. The number of benzene rings is 1. The Balaban J connectivity index is 1.64. The van der Waals surface area contributed by atoms with Gasteiger partial charge >= 0.3 is 0 Å². The van der Waals surface area contributed by atoms with Crippen molar-refractivity contribution in [3.8, 4) is 0 Å². The van der Waals surface area contributed by atoms with Crippen molar-refractivity contribution in [3.05, 3.63) is 71.7 Å². The van der Waals surface area contributed by atoms with Gasteiger partial charge in [-0.1, -0.05) is 31.2 Å². The van der Waals surface area contributed by atoms with Gasteiger partial charge in [0.05, 0.1) is 18.9 Å². The summed E-state index contributed by atoms with van der Waals surface area (Å²) in [6, 6.07) is 10.2. The van der Waals surface area contributed by atoms with Crippen LogP contribution in [0.4, 0.5) is 5.82 Å². The fourth-order valence-corrected chi connectivity index (χ4v) is 2.48. The predicted octanol–water partition coefficient (Wildman–Crippen LogP) is 2.88. The fourth-order valence-electron chi connectivity index (χ4n) is 2.48. The topological polar surface area (TPSA) is 64.7 Å². The van der Waals surface area contributed by atoms with E-state index in [2.05, 4.69) is 46.7 Å². The molecule has 6 nitrogen and oxygen atoms in total. The molecular formula is C19H21N5O. The fraction of sp³-hybridized carbons (Fsp3) is 0.211. The second kappa shape index (κ2) is 7.61. The summed E-state index contributed by atoms with van der Waals surface area (Å²) in [7, 11) is 1.84. The zero-order valence-corrected chi connectivity index (χ0v) is 14.4. The third kappa shape index (κ3) is 4.44. The van der Waals surface area contributed by atoms with Crippen molar-refractivity contribution in [2.24, 2.45) is 7.05 Å². The Kier molecular flexibility index (Phi) is 5.09. The molecule has 0 radical (unpaired) electrons. The molecule has 1 aromatic carbocycles. The van der Waals surface area contributed by atoms with E-state index in [4.69, 9.17) is 0 Å². The van der Waals surface area contributed by atoms with Crippen molar-refractivity contribution >= 4 is 17.8 Å². The van der Waals surface area contributed by atoms with Gasteiger partial charge in [-0.05, 0) is 23.6 Å². The van der Waals surface area contributed by atoms with Gasteiger partial charge < -0.3 is 5.32 Å². The minimum Gasteiger partial charge on any atom is -0.307 e. The van der Waals surface area contributed by atoms with E-state index in [1.807, 2.05) is 13.2 Å². The molecule has 2 aromatic heterocycles. The lowest BCUT2D eigenvalue weighted by Gasteiger charge is -2.08. The Morgan fingerprint density at radius 2 is 1.92 bits per heavy atom. The first kappa shape index (κ1) is 16.7. The van der Waals surface area contributed by atoms with Crippen LogP contribution in [0.1, 0.15) is 23.6 Å². The van der Waals surface area contributed by atoms with Gasteiger partial charge in [0.2, 0.25) is 5.91 Å². The van der Waals surface area contributed by atoms with Gasteiger partial charge in [-0.25, -0.2) is 4.68 Å². The molecule has 3 aromatic rings. The lowest BCUT2D eigenvalue weighted by molar-refractivity contribution is -0.111. The number of rotatable bonds is 6. The normalized spacial score (nSPS) is 11.1. The summed E-state index contributed by atoms with van der Waals surface area (Å²) in [6.07, 6.45) is 9.46. The van der Waals surface area contributed by atoms with Crippen LogP contribution in [0.2, 0.25) is 0 Å². The van der Waals surface area contributed by atoms with E-state index in [-0.39, 0.29) is 5.91 Å². The monoisotopic (exact) mass is 335 g/mol. The van der Waals surface area contributed by atoms with Gasteiger partial charge in [0, 0.05) is 31.0 Å². The SMILES string of the molecule is CCc1ccc(Cn2nccc2NC(=O)/C=C/c2cnn(C)c2)cc1. The third-order valence-corrected chi connectivity index (χ3v) is 3.88. The molecule has 0 aliphatic rings. The molecule has 128 valence electrons. The summed E-state index contributed by atoms with van der Waals surface area (Å²) in [6.45, 7) is 2.74. The van der Waals surface area contributed by atoms with E-state index in [9.17, 15) is 4.79 Å². The highest BCUT2D eigenvalue weighted by Gasteiger charge is 2.06. The average Bonchev–Trinajstić information content (AvgIpc) is 3.23. The van der Waals surface area contributed by atoms with E-state index >= 15 is 0 Å². The molecule has 1 N–H and O–H groups in total. The van der Waals surface area contributed by atoms with Crippen LogP contribution in [0.25, 0.3) is 6.08 Å². The third-order valence-electron chi connectivity index (χ3n) is 3.88. The number of aromatic nitrogens is 4. The molecule has 0 unspecified atom stereocenters. The first-order chi connectivity index (χ1) is 12.1. The number of carbonyl (C=O) groups excluding carboxylic acids is 1. The molecule has 0 spiro atoms. The lowest BCUT2D eigenvalue weighted by Crippen LogP contribution is -2.13. The highest BCUT2D eigenvalue weighted by atomic mass is 16.1. The van der Waals surface area contributed by atoms with Crippen LogP contribution >= 0.6 is 0 Å². The van der Waals surface area contributed by atoms with Crippen molar-refractivity contribution in [3.63, 3.8) is 0 Å². The van der Waals surface area contributed by atoms with E-state index in [1.165, 1.54) is 11.6 Å². The summed E-state index contributed by atoms with van der Waals surface area (Å²) < 4.78 is 3.47. The van der Waals surface area contributed by atoms with Crippen molar-refractivity contribution in [2.75, 3.05) is 5.32 Å². The smallest absolute Gasteiger partial charge is 0.249 e. The number of aryl methyl sites for hydroxylation is 2. The Morgan fingerprint density at radius 3 is 2.60 bits per heavy atom. The number of nitrogens with zero attached hydrogens (tertiary/aromatic N) is 4. The molecule has 0 saturated heterocycles. The van der Waals surface area contributed by atoms with Gasteiger partial charge in [-0.3, -0.25) is 9.48 Å². The van der Waals surface area contributed by atoms with Gasteiger partial charge in [0.1, 0.15) is 5.82 Å². The summed E-state index contributed by atoms with van der Waals surface area (Å²) >= 11 is 0. The number of carbonyl (C=O) groups is 1. The molecule has 3 rings (SSSR count). The number of amides is 1. The van der Waals surface area contributed by atoms with Crippen LogP contribution in [0, 0.1) is 0 Å². The Labute approximate surface area is 146 Å². The highest BCUT2D eigenvalue weighted by molar-refractivity contribution is 6.01. The number of hydrogen-bond donors (Lipinski definition) is 1. The largest absolute Gasteiger partial charge is 0.307 e. The van der Waals surface area contributed by atoms with Gasteiger partial charge in [0.25, 0.3) is 0 Å². The first-order valence-corrected chi connectivity index (χ1v) is 8.21. The minimum atomic E-state index is -0.202. The van der Waals surface area contributed by atoms with Crippen LogP contribution in [0.3, 0.4) is 0 Å². The summed E-state index contributed by atoms with van der Waals surface area (Å²) in [5, 5.41) is 11.2. The predicted molar refractivity (Wildman–Crippen MR) is 98.0 cm³/mol. The minimum absolute atomic E-state index is 0.202. The van der Waals surface area contributed by atoms with Crippen LogP contribution < -0.4 is 5.32 Å². The molecule has 0 bridgehead atoms. The Hall–Kier alpha value is -3.15. The molecule has 0 saturated carbocycles. The highest BCUT2D eigenvalue weighted by Crippen LogP contribution is 2.12. The average molecular weight is 335 g/mol. The van der Waals surface area contributed by atoms with Crippen LogP contribution in [-0.2, 0) is 24.8 Å². The van der Waals surface area contributed by atoms with Crippen LogP contribution in [-0.4, -0.2) is 25.5 Å². The van der Waals surface area contributed by atoms with Crippen molar-refractivity contribution in [1.29, 1.82) is 0 Å². The van der Waals surface area contributed by atoms with E-state index in [0.29, 0.717) is 12.4 Å². The zero-order valence-electron chi connectivity index (χ0n) is 14.4. The van der Waals surface area contributed by atoms with Gasteiger partial charge in [-0.15, -0.1) is 0 Å². The number of hydrogen-bond acceptors (Lipinski definition) is 3. The quantitative estimate of drug-likeness (QED) is 0.705. The molecule has 0 aliphatic heterocycles.